The number of morpholine rings is 1. The molecule has 102 valence electrons. The van der Waals surface area contributed by atoms with Crippen LogP contribution in [0, 0.1) is 0 Å². The van der Waals surface area contributed by atoms with Gasteiger partial charge in [0.15, 0.2) is 0 Å². The first-order valence-electron chi connectivity index (χ1n) is 6.41. The minimum Gasteiger partial charge on any atom is -0.375 e. The van der Waals surface area contributed by atoms with E-state index in [1.54, 1.807) is 0 Å². The van der Waals surface area contributed by atoms with Gasteiger partial charge >= 0.3 is 0 Å². The number of hydrogen-bond donors (Lipinski definition) is 1. The van der Waals surface area contributed by atoms with Crippen LogP contribution < -0.4 is 5.32 Å². The Morgan fingerprint density at radius 2 is 2.33 bits per heavy atom. The van der Waals surface area contributed by atoms with E-state index in [0.29, 0.717) is 24.7 Å². The number of hydrogen-bond acceptors (Lipinski definition) is 6. The Bertz CT molecular complexity index is 372. The Kier molecular flexibility index (Phi) is 4.31. The molecule has 1 aromatic heterocycles. The molecule has 0 radical (unpaired) electrons. The van der Waals surface area contributed by atoms with Crippen molar-refractivity contribution in [2.24, 2.45) is 0 Å². The molecule has 0 amide bonds. The fraction of sp³-hybridized carbons (Fsp3) is 0.833. The molecule has 1 N–H and O–H groups in total. The van der Waals surface area contributed by atoms with Gasteiger partial charge in [-0.25, -0.2) is 0 Å². The SMILES string of the molecule is CCOC(C)(C)c1noc(CC2CNCCO2)n1. The number of nitrogens with zero attached hydrogens (tertiary/aromatic N) is 2. The number of nitrogens with one attached hydrogen (secondary N) is 1. The maximum absolute atomic E-state index is 5.60. The molecule has 1 atom stereocenters. The summed E-state index contributed by atoms with van der Waals surface area (Å²) in [6, 6.07) is 0. The highest BCUT2D eigenvalue weighted by Gasteiger charge is 2.28. The van der Waals surface area contributed by atoms with Crippen molar-refractivity contribution in [3.8, 4) is 0 Å². The molecule has 6 heteroatoms. The van der Waals surface area contributed by atoms with Crippen LogP contribution in [-0.2, 0) is 21.5 Å². The van der Waals surface area contributed by atoms with Crippen molar-refractivity contribution in [2.45, 2.75) is 38.9 Å². The molecular weight excluding hydrogens is 234 g/mol. The van der Waals surface area contributed by atoms with E-state index in [2.05, 4.69) is 15.5 Å². The maximum Gasteiger partial charge on any atom is 0.229 e. The third-order valence-corrected chi connectivity index (χ3v) is 2.92. The number of rotatable bonds is 5. The van der Waals surface area contributed by atoms with Gasteiger partial charge in [-0.3, -0.25) is 0 Å². The van der Waals surface area contributed by atoms with Crippen molar-refractivity contribution in [3.63, 3.8) is 0 Å². The Hall–Kier alpha value is -0.980. The summed E-state index contributed by atoms with van der Waals surface area (Å²) in [5, 5.41) is 7.26. The average Bonchev–Trinajstić information content (AvgIpc) is 2.79. The predicted molar refractivity (Wildman–Crippen MR) is 65.3 cm³/mol. The van der Waals surface area contributed by atoms with E-state index in [1.165, 1.54) is 0 Å². The van der Waals surface area contributed by atoms with Gasteiger partial charge in [0, 0.05) is 19.7 Å². The summed E-state index contributed by atoms with van der Waals surface area (Å²) in [7, 11) is 0. The summed E-state index contributed by atoms with van der Waals surface area (Å²) < 4.78 is 16.4. The van der Waals surface area contributed by atoms with Gasteiger partial charge in [-0.15, -0.1) is 0 Å². The second kappa shape index (κ2) is 5.77. The van der Waals surface area contributed by atoms with Crippen LogP contribution in [0.2, 0.25) is 0 Å². The highest BCUT2D eigenvalue weighted by atomic mass is 16.5. The Morgan fingerprint density at radius 3 is 3.00 bits per heavy atom. The zero-order valence-electron chi connectivity index (χ0n) is 11.2. The molecule has 0 aliphatic carbocycles. The van der Waals surface area contributed by atoms with Crippen LogP contribution in [0.1, 0.15) is 32.5 Å². The lowest BCUT2D eigenvalue weighted by molar-refractivity contribution is -0.0221. The summed E-state index contributed by atoms with van der Waals surface area (Å²) in [6.07, 6.45) is 0.754. The summed E-state index contributed by atoms with van der Waals surface area (Å²) in [5.41, 5.74) is -0.512. The summed E-state index contributed by atoms with van der Waals surface area (Å²) >= 11 is 0. The molecule has 0 aromatic carbocycles. The standard InChI is InChI=1S/C12H21N3O3/c1-4-17-12(2,3)11-14-10(18-15-11)7-9-8-13-5-6-16-9/h9,13H,4-8H2,1-3H3. The second-order valence-electron chi connectivity index (χ2n) is 4.86. The van der Waals surface area contributed by atoms with E-state index in [-0.39, 0.29) is 6.10 Å². The van der Waals surface area contributed by atoms with E-state index in [9.17, 15) is 0 Å². The van der Waals surface area contributed by atoms with Crippen LogP contribution in [0.3, 0.4) is 0 Å². The van der Waals surface area contributed by atoms with E-state index in [4.69, 9.17) is 14.0 Å². The van der Waals surface area contributed by atoms with Crippen molar-refractivity contribution >= 4 is 0 Å². The highest BCUT2D eigenvalue weighted by Crippen LogP contribution is 2.21. The van der Waals surface area contributed by atoms with Gasteiger partial charge < -0.3 is 19.3 Å². The molecule has 1 fully saturated rings. The molecule has 2 rings (SSSR count). The fourth-order valence-electron chi connectivity index (χ4n) is 1.95. The van der Waals surface area contributed by atoms with Gasteiger partial charge in [0.1, 0.15) is 5.60 Å². The molecule has 18 heavy (non-hydrogen) atoms. The normalized spacial score (nSPS) is 21.2. The van der Waals surface area contributed by atoms with Gasteiger partial charge in [-0.05, 0) is 20.8 Å². The molecule has 0 saturated carbocycles. The number of ether oxygens (including phenoxy) is 2. The van der Waals surface area contributed by atoms with Crippen molar-refractivity contribution < 1.29 is 14.0 Å². The Labute approximate surface area is 107 Å². The summed E-state index contributed by atoms with van der Waals surface area (Å²) in [6.45, 7) is 8.90. The predicted octanol–water partition coefficient (Wildman–Crippen LogP) is 0.872. The quantitative estimate of drug-likeness (QED) is 0.842. The second-order valence-corrected chi connectivity index (χ2v) is 4.86. The molecule has 1 aromatic rings. The minimum absolute atomic E-state index is 0.113. The van der Waals surface area contributed by atoms with E-state index < -0.39 is 5.60 Å². The lowest BCUT2D eigenvalue weighted by atomic mass is 10.1. The molecule has 6 nitrogen and oxygen atoms in total. The Balaban J connectivity index is 1.96. The molecule has 0 spiro atoms. The van der Waals surface area contributed by atoms with E-state index in [0.717, 1.165) is 19.7 Å². The average molecular weight is 255 g/mol. The fourth-order valence-corrected chi connectivity index (χ4v) is 1.95. The molecule has 2 heterocycles. The molecule has 0 bridgehead atoms. The van der Waals surface area contributed by atoms with Crippen LogP contribution in [0.25, 0.3) is 0 Å². The van der Waals surface area contributed by atoms with Crippen LogP contribution in [-0.4, -0.2) is 42.5 Å². The van der Waals surface area contributed by atoms with Crippen molar-refractivity contribution in [2.75, 3.05) is 26.3 Å². The largest absolute Gasteiger partial charge is 0.375 e. The van der Waals surface area contributed by atoms with Crippen LogP contribution in [0.15, 0.2) is 4.52 Å². The first kappa shape index (κ1) is 13.5. The molecule has 1 saturated heterocycles. The maximum atomic E-state index is 5.60. The van der Waals surface area contributed by atoms with Gasteiger partial charge in [0.05, 0.1) is 19.1 Å². The van der Waals surface area contributed by atoms with Crippen molar-refractivity contribution in [3.05, 3.63) is 11.7 Å². The minimum atomic E-state index is -0.512. The molecule has 1 aliphatic heterocycles. The topological polar surface area (TPSA) is 69.4 Å². The highest BCUT2D eigenvalue weighted by molar-refractivity contribution is 4.98. The van der Waals surface area contributed by atoms with Gasteiger partial charge in [0.2, 0.25) is 11.7 Å². The van der Waals surface area contributed by atoms with Gasteiger partial charge in [0.25, 0.3) is 0 Å². The van der Waals surface area contributed by atoms with Crippen LogP contribution in [0.5, 0.6) is 0 Å². The van der Waals surface area contributed by atoms with Gasteiger partial charge in [-0.2, -0.15) is 4.98 Å². The first-order chi connectivity index (χ1) is 8.62. The molecule has 1 aliphatic rings. The third kappa shape index (κ3) is 3.28. The van der Waals surface area contributed by atoms with Crippen LogP contribution >= 0.6 is 0 Å². The Morgan fingerprint density at radius 1 is 1.50 bits per heavy atom. The van der Waals surface area contributed by atoms with Gasteiger partial charge in [-0.1, -0.05) is 5.16 Å². The lowest BCUT2D eigenvalue weighted by Gasteiger charge is -2.22. The smallest absolute Gasteiger partial charge is 0.229 e. The first-order valence-corrected chi connectivity index (χ1v) is 6.41. The zero-order valence-corrected chi connectivity index (χ0v) is 11.2. The van der Waals surface area contributed by atoms with Crippen molar-refractivity contribution in [1.29, 1.82) is 0 Å². The zero-order chi connectivity index (χ0) is 13.0. The van der Waals surface area contributed by atoms with E-state index in [1.807, 2.05) is 20.8 Å². The monoisotopic (exact) mass is 255 g/mol. The number of aromatic nitrogens is 2. The molecule has 1 unspecified atom stereocenters. The molecular formula is C12H21N3O3. The van der Waals surface area contributed by atoms with E-state index >= 15 is 0 Å². The summed E-state index contributed by atoms with van der Waals surface area (Å²) in [5.74, 6) is 1.19. The van der Waals surface area contributed by atoms with Crippen LogP contribution in [0.4, 0.5) is 0 Å². The third-order valence-electron chi connectivity index (χ3n) is 2.92. The summed E-state index contributed by atoms with van der Waals surface area (Å²) in [4.78, 5) is 4.38. The van der Waals surface area contributed by atoms with Crippen molar-refractivity contribution in [1.82, 2.24) is 15.5 Å². The lowest BCUT2D eigenvalue weighted by Crippen LogP contribution is -2.39.